The lowest BCUT2D eigenvalue weighted by atomic mass is 10.1. The minimum absolute atomic E-state index is 0.0935. The lowest BCUT2D eigenvalue weighted by molar-refractivity contribution is -0.124. The van der Waals surface area contributed by atoms with Crippen LogP contribution in [-0.2, 0) is 4.79 Å². The molecule has 0 aliphatic rings. The number of hydrogen-bond acceptors (Lipinski definition) is 3. The highest BCUT2D eigenvalue weighted by molar-refractivity contribution is 7.14. The molecule has 0 bridgehead atoms. The van der Waals surface area contributed by atoms with E-state index in [1.54, 1.807) is 38.1 Å². The summed E-state index contributed by atoms with van der Waals surface area (Å²) in [6.45, 7) is 4.07. The van der Waals surface area contributed by atoms with Gasteiger partial charge in [0, 0.05) is 25.5 Å². The first-order valence-electron chi connectivity index (χ1n) is 7.67. The van der Waals surface area contributed by atoms with Gasteiger partial charge in [-0.05, 0) is 36.2 Å². The van der Waals surface area contributed by atoms with Gasteiger partial charge in [-0.2, -0.15) is 0 Å². The Hall–Kier alpha value is -2.21. The molecule has 0 radical (unpaired) electrons. The highest BCUT2D eigenvalue weighted by atomic mass is 32.1. The lowest BCUT2D eigenvalue weighted by Gasteiger charge is -2.20. The number of thiophene rings is 1. The summed E-state index contributed by atoms with van der Waals surface area (Å²) in [6, 6.07) is 8.05. The Bertz CT molecular complexity index is 740. The van der Waals surface area contributed by atoms with Gasteiger partial charge in [0.2, 0.25) is 5.91 Å². The normalized spacial score (nSPS) is 11.9. The Morgan fingerprint density at radius 3 is 2.50 bits per heavy atom. The number of aryl methyl sites for hydroxylation is 1. The molecule has 6 heteroatoms. The van der Waals surface area contributed by atoms with Crippen LogP contribution in [-0.4, -0.2) is 37.4 Å². The molecule has 0 spiro atoms. The number of nitrogens with zero attached hydrogens (tertiary/aromatic N) is 1. The number of nitrogens with one attached hydrogen (secondary N) is 1. The quantitative estimate of drug-likeness (QED) is 0.901. The summed E-state index contributed by atoms with van der Waals surface area (Å²) in [5.41, 5.74) is 1.81. The first-order valence-corrected chi connectivity index (χ1v) is 8.48. The molecule has 1 atom stereocenters. The van der Waals surface area contributed by atoms with E-state index in [1.165, 1.54) is 23.5 Å². The number of carbonyl (C=O) groups excluding carboxylic acids is 2. The first kappa shape index (κ1) is 18.1. The maximum Gasteiger partial charge on any atom is 0.263 e. The van der Waals surface area contributed by atoms with Gasteiger partial charge in [-0.25, -0.2) is 4.39 Å². The molecule has 0 aliphatic carbocycles. The topological polar surface area (TPSA) is 49.4 Å². The predicted octanol–water partition coefficient (Wildman–Crippen LogP) is 3.32. The van der Waals surface area contributed by atoms with Crippen molar-refractivity contribution in [3.05, 3.63) is 45.9 Å². The molecule has 2 amide bonds. The zero-order valence-electron chi connectivity index (χ0n) is 14.2. The van der Waals surface area contributed by atoms with Crippen molar-refractivity contribution in [2.75, 3.05) is 20.6 Å². The van der Waals surface area contributed by atoms with Crippen molar-refractivity contribution in [3.8, 4) is 11.1 Å². The van der Waals surface area contributed by atoms with E-state index in [0.717, 1.165) is 16.0 Å². The maximum atomic E-state index is 13.1. The van der Waals surface area contributed by atoms with Crippen molar-refractivity contribution in [2.45, 2.75) is 13.8 Å². The predicted molar refractivity (Wildman–Crippen MR) is 94.6 cm³/mol. The zero-order valence-corrected chi connectivity index (χ0v) is 15.0. The minimum Gasteiger partial charge on any atom is -0.359 e. The van der Waals surface area contributed by atoms with Crippen LogP contribution in [0.1, 0.15) is 21.5 Å². The summed E-state index contributed by atoms with van der Waals surface area (Å²) in [5, 5.41) is 2.58. The monoisotopic (exact) mass is 348 g/mol. The van der Waals surface area contributed by atoms with Crippen molar-refractivity contribution in [1.29, 1.82) is 0 Å². The van der Waals surface area contributed by atoms with E-state index in [2.05, 4.69) is 5.32 Å². The molecule has 1 aromatic heterocycles. The van der Waals surface area contributed by atoms with E-state index in [9.17, 15) is 14.0 Å². The third-order valence-electron chi connectivity index (χ3n) is 3.87. The Balaban J connectivity index is 2.17. The Labute approximate surface area is 145 Å². The number of amides is 2. The molecule has 0 saturated carbocycles. The molecule has 1 heterocycles. The average molecular weight is 348 g/mol. The van der Waals surface area contributed by atoms with Gasteiger partial charge in [0.25, 0.3) is 5.91 Å². The Morgan fingerprint density at radius 1 is 1.29 bits per heavy atom. The summed E-state index contributed by atoms with van der Waals surface area (Å²) in [5.74, 6) is -0.774. The van der Waals surface area contributed by atoms with Gasteiger partial charge in [0.05, 0.1) is 10.8 Å². The smallest absolute Gasteiger partial charge is 0.263 e. The van der Waals surface area contributed by atoms with E-state index in [-0.39, 0.29) is 23.5 Å². The zero-order chi connectivity index (χ0) is 17.9. The number of halogens is 1. The van der Waals surface area contributed by atoms with Crippen LogP contribution in [0.5, 0.6) is 0 Å². The summed E-state index contributed by atoms with van der Waals surface area (Å²) >= 11 is 1.41. The van der Waals surface area contributed by atoms with Crippen molar-refractivity contribution in [1.82, 2.24) is 10.2 Å². The van der Waals surface area contributed by atoms with Crippen LogP contribution in [0.2, 0.25) is 0 Å². The van der Waals surface area contributed by atoms with Crippen molar-refractivity contribution in [2.24, 2.45) is 5.92 Å². The van der Waals surface area contributed by atoms with E-state index >= 15 is 0 Å². The second kappa shape index (κ2) is 7.57. The summed E-state index contributed by atoms with van der Waals surface area (Å²) in [6.07, 6.45) is 0. The summed E-state index contributed by atoms with van der Waals surface area (Å²) < 4.78 is 13.1. The lowest BCUT2D eigenvalue weighted by Crippen LogP contribution is -2.37. The first-order chi connectivity index (χ1) is 11.3. The molecule has 2 rings (SSSR count). The molecule has 4 nitrogen and oxygen atoms in total. The van der Waals surface area contributed by atoms with E-state index in [1.807, 2.05) is 13.0 Å². The molecule has 0 aliphatic heterocycles. The van der Waals surface area contributed by atoms with Gasteiger partial charge in [0.15, 0.2) is 0 Å². The molecular weight excluding hydrogens is 327 g/mol. The Kier molecular flexibility index (Phi) is 5.72. The van der Waals surface area contributed by atoms with Gasteiger partial charge >= 0.3 is 0 Å². The second-order valence-corrected chi connectivity index (χ2v) is 7.04. The third kappa shape index (κ3) is 4.00. The van der Waals surface area contributed by atoms with Gasteiger partial charge < -0.3 is 10.2 Å². The molecule has 1 N–H and O–H groups in total. The van der Waals surface area contributed by atoms with Crippen LogP contribution in [0.4, 0.5) is 4.39 Å². The van der Waals surface area contributed by atoms with Crippen molar-refractivity contribution < 1.29 is 14.0 Å². The largest absolute Gasteiger partial charge is 0.359 e. The maximum absolute atomic E-state index is 13.1. The van der Waals surface area contributed by atoms with Crippen molar-refractivity contribution in [3.63, 3.8) is 0 Å². The SMILES string of the molecule is CNC(=O)C(C)CN(C)C(=O)c1cc(-c2ccc(F)cc2)c(C)s1. The standard InChI is InChI=1S/C18H21FN2O2S/c1-11(17(22)20-3)10-21(4)18(23)16-9-15(12(2)24-16)13-5-7-14(19)8-6-13/h5-9,11H,10H2,1-4H3,(H,20,22). The fraction of sp³-hybridized carbons (Fsp3) is 0.333. The Morgan fingerprint density at radius 2 is 1.92 bits per heavy atom. The third-order valence-corrected chi connectivity index (χ3v) is 4.91. The number of carbonyl (C=O) groups is 2. The second-order valence-electron chi connectivity index (χ2n) is 5.79. The summed E-state index contributed by atoms with van der Waals surface area (Å²) in [7, 11) is 3.27. The van der Waals surface area contributed by atoms with E-state index in [4.69, 9.17) is 0 Å². The van der Waals surface area contributed by atoms with Gasteiger partial charge in [0.1, 0.15) is 5.82 Å². The van der Waals surface area contributed by atoms with Crippen LogP contribution in [0.15, 0.2) is 30.3 Å². The fourth-order valence-electron chi connectivity index (χ4n) is 2.51. The van der Waals surface area contributed by atoms with Crippen LogP contribution >= 0.6 is 11.3 Å². The molecule has 1 aromatic carbocycles. The number of benzene rings is 1. The van der Waals surface area contributed by atoms with Crippen LogP contribution < -0.4 is 5.32 Å². The van der Waals surface area contributed by atoms with Crippen LogP contribution in [0.3, 0.4) is 0 Å². The highest BCUT2D eigenvalue weighted by Gasteiger charge is 2.21. The average Bonchev–Trinajstić information content (AvgIpc) is 2.95. The minimum atomic E-state index is -0.286. The molecule has 0 saturated heterocycles. The van der Waals surface area contributed by atoms with Crippen LogP contribution in [0, 0.1) is 18.7 Å². The molecule has 24 heavy (non-hydrogen) atoms. The molecule has 0 fully saturated rings. The molecular formula is C18H21FN2O2S. The molecule has 2 aromatic rings. The van der Waals surface area contributed by atoms with Crippen molar-refractivity contribution >= 4 is 23.2 Å². The fourth-order valence-corrected chi connectivity index (χ4v) is 3.55. The van der Waals surface area contributed by atoms with E-state index < -0.39 is 0 Å². The highest BCUT2D eigenvalue weighted by Crippen LogP contribution is 2.31. The van der Waals surface area contributed by atoms with Gasteiger partial charge in [-0.15, -0.1) is 11.3 Å². The number of rotatable bonds is 5. The van der Waals surface area contributed by atoms with E-state index in [0.29, 0.717) is 11.4 Å². The van der Waals surface area contributed by atoms with Crippen LogP contribution in [0.25, 0.3) is 11.1 Å². The number of hydrogen-bond donors (Lipinski definition) is 1. The van der Waals surface area contributed by atoms with Gasteiger partial charge in [-0.3, -0.25) is 9.59 Å². The molecule has 128 valence electrons. The molecule has 1 unspecified atom stereocenters. The van der Waals surface area contributed by atoms with Gasteiger partial charge in [-0.1, -0.05) is 19.1 Å². The summed E-state index contributed by atoms with van der Waals surface area (Å²) in [4.78, 5) is 27.3.